The lowest BCUT2D eigenvalue weighted by Gasteiger charge is -2.34. The van der Waals surface area contributed by atoms with Gasteiger partial charge in [-0.25, -0.2) is 0 Å². The number of amides is 2. The van der Waals surface area contributed by atoms with Crippen molar-refractivity contribution in [3.8, 4) is 28.3 Å². The zero-order chi connectivity index (χ0) is 26.6. The summed E-state index contributed by atoms with van der Waals surface area (Å²) in [7, 11) is 0. The van der Waals surface area contributed by atoms with E-state index in [4.69, 9.17) is 0 Å². The number of piperidine rings is 1. The standard InChI is InChI=1S/C33H35N3O2/c1-3-35-32(37)29-20-28(27-13-6-5-12-26(27)24-16-14-23(21-34)15-17-24)22(2)30(31(29)25-10-9-11-25)33(38)36-18-7-4-8-19-36/h5-6,12-17,20,25H,3-4,7-11,18-19H2,1-2H3,(H,35,37). The van der Waals surface area contributed by atoms with Gasteiger partial charge in [0, 0.05) is 30.8 Å². The summed E-state index contributed by atoms with van der Waals surface area (Å²) in [4.78, 5) is 29.7. The van der Waals surface area contributed by atoms with Crippen LogP contribution in [-0.4, -0.2) is 36.3 Å². The van der Waals surface area contributed by atoms with E-state index in [0.29, 0.717) is 17.7 Å². The van der Waals surface area contributed by atoms with Gasteiger partial charge in [0.25, 0.3) is 11.8 Å². The lowest BCUT2D eigenvalue weighted by molar-refractivity contribution is 0.0721. The number of rotatable bonds is 6. The topological polar surface area (TPSA) is 73.2 Å². The smallest absolute Gasteiger partial charge is 0.254 e. The molecule has 2 amide bonds. The van der Waals surface area contributed by atoms with Crippen LogP contribution in [0.25, 0.3) is 22.3 Å². The number of nitrogens with zero attached hydrogens (tertiary/aromatic N) is 2. The number of carbonyl (C=O) groups is 2. The highest BCUT2D eigenvalue weighted by Crippen LogP contribution is 2.45. The predicted octanol–water partition coefficient (Wildman–Crippen LogP) is 6.84. The summed E-state index contributed by atoms with van der Waals surface area (Å²) in [6, 6.07) is 19.9. The van der Waals surface area contributed by atoms with E-state index in [0.717, 1.165) is 90.6 Å². The molecule has 194 valence electrons. The molecule has 0 spiro atoms. The van der Waals surface area contributed by atoms with Gasteiger partial charge < -0.3 is 10.2 Å². The predicted molar refractivity (Wildman–Crippen MR) is 151 cm³/mol. The van der Waals surface area contributed by atoms with Crippen LogP contribution < -0.4 is 5.32 Å². The van der Waals surface area contributed by atoms with Crippen LogP contribution in [0.15, 0.2) is 54.6 Å². The van der Waals surface area contributed by atoms with Crippen molar-refractivity contribution in [2.24, 2.45) is 0 Å². The Bertz CT molecular complexity index is 1390. The van der Waals surface area contributed by atoms with Crippen LogP contribution in [0.4, 0.5) is 0 Å². The van der Waals surface area contributed by atoms with E-state index in [1.54, 1.807) is 0 Å². The van der Waals surface area contributed by atoms with Crippen LogP contribution in [0.3, 0.4) is 0 Å². The van der Waals surface area contributed by atoms with Gasteiger partial charge in [0.2, 0.25) is 0 Å². The first-order chi connectivity index (χ1) is 18.5. The highest BCUT2D eigenvalue weighted by molar-refractivity contribution is 6.06. The Morgan fingerprint density at radius 2 is 1.63 bits per heavy atom. The average molecular weight is 506 g/mol. The maximum absolute atomic E-state index is 14.2. The second-order valence-corrected chi connectivity index (χ2v) is 10.5. The van der Waals surface area contributed by atoms with Crippen molar-refractivity contribution in [1.82, 2.24) is 10.2 Å². The van der Waals surface area contributed by atoms with Crippen molar-refractivity contribution in [3.63, 3.8) is 0 Å². The lowest BCUT2D eigenvalue weighted by Crippen LogP contribution is -2.38. The molecule has 0 radical (unpaired) electrons. The summed E-state index contributed by atoms with van der Waals surface area (Å²) >= 11 is 0. The quantitative estimate of drug-likeness (QED) is 0.398. The molecule has 5 nitrogen and oxygen atoms in total. The van der Waals surface area contributed by atoms with E-state index in [-0.39, 0.29) is 17.7 Å². The molecule has 0 bridgehead atoms. The van der Waals surface area contributed by atoms with Gasteiger partial charge in [-0.05, 0) is 103 Å². The first kappa shape index (κ1) is 25.7. The molecular formula is C33H35N3O2. The van der Waals surface area contributed by atoms with Crippen LogP contribution in [-0.2, 0) is 0 Å². The van der Waals surface area contributed by atoms with Crippen LogP contribution in [0, 0.1) is 18.3 Å². The lowest BCUT2D eigenvalue weighted by atomic mass is 9.73. The van der Waals surface area contributed by atoms with Crippen molar-refractivity contribution < 1.29 is 9.59 Å². The largest absolute Gasteiger partial charge is 0.352 e. The zero-order valence-electron chi connectivity index (χ0n) is 22.3. The molecule has 5 heteroatoms. The van der Waals surface area contributed by atoms with Crippen molar-refractivity contribution in [3.05, 3.63) is 82.4 Å². The van der Waals surface area contributed by atoms with Crippen molar-refractivity contribution in [2.45, 2.75) is 58.3 Å². The van der Waals surface area contributed by atoms with Gasteiger partial charge in [0.15, 0.2) is 0 Å². The van der Waals surface area contributed by atoms with Crippen LogP contribution >= 0.6 is 0 Å². The minimum Gasteiger partial charge on any atom is -0.352 e. The number of likely N-dealkylation sites (tertiary alicyclic amines) is 1. The molecule has 0 atom stereocenters. The third kappa shape index (κ3) is 4.84. The Balaban J connectivity index is 1.74. The van der Waals surface area contributed by atoms with E-state index < -0.39 is 0 Å². The molecule has 1 heterocycles. The molecule has 38 heavy (non-hydrogen) atoms. The molecule has 3 aromatic rings. The zero-order valence-corrected chi connectivity index (χ0v) is 22.3. The molecule has 2 aliphatic rings. The normalized spacial score (nSPS) is 15.4. The fourth-order valence-electron chi connectivity index (χ4n) is 5.87. The van der Waals surface area contributed by atoms with Gasteiger partial charge in [-0.1, -0.05) is 42.8 Å². The van der Waals surface area contributed by atoms with Crippen molar-refractivity contribution in [1.29, 1.82) is 5.26 Å². The summed E-state index contributed by atoms with van der Waals surface area (Å²) in [5.41, 5.74) is 7.74. The van der Waals surface area contributed by atoms with Gasteiger partial charge >= 0.3 is 0 Å². The fraction of sp³-hybridized carbons (Fsp3) is 0.364. The molecule has 1 aliphatic heterocycles. The van der Waals surface area contributed by atoms with Crippen LogP contribution in [0.1, 0.15) is 88.8 Å². The van der Waals surface area contributed by atoms with E-state index in [1.807, 2.05) is 61.2 Å². The first-order valence-electron chi connectivity index (χ1n) is 13.9. The first-order valence-corrected chi connectivity index (χ1v) is 13.9. The maximum atomic E-state index is 14.2. The molecule has 1 N–H and O–H groups in total. The van der Waals surface area contributed by atoms with Gasteiger partial charge in [-0.2, -0.15) is 5.26 Å². The van der Waals surface area contributed by atoms with Gasteiger partial charge in [-0.15, -0.1) is 0 Å². The highest BCUT2D eigenvalue weighted by atomic mass is 16.2. The van der Waals surface area contributed by atoms with E-state index >= 15 is 0 Å². The number of nitrogens with one attached hydrogen (secondary N) is 1. The number of benzene rings is 3. The monoisotopic (exact) mass is 505 g/mol. The third-order valence-electron chi connectivity index (χ3n) is 8.12. The molecule has 5 rings (SSSR count). The van der Waals surface area contributed by atoms with Crippen molar-refractivity contribution >= 4 is 11.8 Å². The van der Waals surface area contributed by atoms with Crippen LogP contribution in [0.2, 0.25) is 0 Å². The third-order valence-corrected chi connectivity index (χ3v) is 8.12. The summed E-state index contributed by atoms with van der Waals surface area (Å²) in [6.07, 6.45) is 6.34. The molecule has 3 aromatic carbocycles. The van der Waals surface area contributed by atoms with E-state index in [1.165, 1.54) is 0 Å². The Labute approximate surface area is 225 Å². The minimum atomic E-state index is -0.112. The minimum absolute atomic E-state index is 0.0624. The van der Waals surface area contributed by atoms with Crippen LogP contribution in [0.5, 0.6) is 0 Å². The molecule has 1 saturated heterocycles. The summed E-state index contributed by atoms with van der Waals surface area (Å²) < 4.78 is 0. The molecule has 0 unspecified atom stereocenters. The molecule has 1 saturated carbocycles. The second kappa shape index (κ2) is 11.2. The summed E-state index contributed by atoms with van der Waals surface area (Å²) in [5.74, 6) is 0.185. The SMILES string of the molecule is CCNC(=O)c1cc(-c2ccccc2-c2ccc(C#N)cc2)c(C)c(C(=O)N2CCCCC2)c1C1CCC1. The molecule has 2 fully saturated rings. The Hall–Kier alpha value is -3.91. The second-order valence-electron chi connectivity index (χ2n) is 10.5. The van der Waals surface area contributed by atoms with E-state index in [9.17, 15) is 14.9 Å². The fourth-order valence-corrected chi connectivity index (χ4v) is 5.87. The van der Waals surface area contributed by atoms with E-state index in [2.05, 4.69) is 23.5 Å². The number of carbonyl (C=O) groups excluding carboxylic acids is 2. The Kier molecular flexibility index (Phi) is 7.60. The molecular weight excluding hydrogens is 470 g/mol. The molecule has 1 aliphatic carbocycles. The van der Waals surface area contributed by atoms with Gasteiger partial charge in [0.1, 0.15) is 0 Å². The number of hydrogen-bond donors (Lipinski definition) is 1. The summed E-state index contributed by atoms with van der Waals surface area (Å²) in [6.45, 7) is 6.04. The number of nitriles is 1. The Morgan fingerprint density at radius 3 is 2.24 bits per heavy atom. The van der Waals surface area contributed by atoms with Crippen molar-refractivity contribution in [2.75, 3.05) is 19.6 Å². The Morgan fingerprint density at radius 1 is 0.947 bits per heavy atom. The number of hydrogen-bond acceptors (Lipinski definition) is 3. The molecule has 0 aromatic heterocycles. The summed E-state index contributed by atoms with van der Waals surface area (Å²) in [5, 5.41) is 12.3. The maximum Gasteiger partial charge on any atom is 0.254 e. The van der Waals surface area contributed by atoms with Gasteiger partial charge in [0.05, 0.1) is 11.6 Å². The van der Waals surface area contributed by atoms with Gasteiger partial charge in [-0.3, -0.25) is 9.59 Å². The average Bonchev–Trinajstić information content (AvgIpc) is 2.93. The highest BCUT2D eigenvalue weighted by Gasteiger charge is 2.34.